The van der Waals surface area contributed by atoms with E-state index in [0.717, 1.165) is 19.4 Å². The fraction of sp³-hybridized carbons (Fsp3) is 0. The van der Waals surface area contributed by atoms with Crippen LogP contribution in [-0.4, -0.2) is 11.1 Å². The molecule has 0 heterocycles. The summed E-state index contributed by atoms with van der Waals surface area (Å²) < 4.78 is 5.46. The van der Waals surface area contributed by atoms with Crippen molar-refractivity contribution in [1.29, 1.82) is 0 Å². The standard InChI is InChI=1S/C2H2O2.W/c1-4-2-3;/h1-2H;. The van der Waals surface area contributed by atoms with Crippen molar-refractivity contribution in [3.8, 4) is 0 Å². The van der Waals surface area contributed by atoms with E-state index in [9.17, 15) is 0 Å². The average Bonchev–Trinajstić information content (AvgIpc) is 1.41. The van der Waals surface area contributed by atoms with Gasteiger partial charge in [-0.2, -0.15) is 0 Å². The van der Waals surface area contributed by atoms with Gasteiger partial charge in [-0.15, -0.1) is 0 Å². The number of hydrogen-bond donors (Lipinski definition) is 0. The van der Waals surface area contributed by atoms with Gasteiger partial charge in [0.2, 0.25) is 0 Å². The molecule has 0 rings (SSSR count). The quantitative estimate of drug-likeness (QED) is 0.608. The second-order valence-corrected chi connectivity index (χ2v) is 1.02. The van der Waals surface area contributed by atoms with Gasteiger partial charge in [-0.25, -0.2) is 0 Å². The zero-order chi connectivity index (χ0) is 4.12. The SMILES string of the molecule is O=CO[CH]=[W]. The van der Waals surface area contributed by atoms with Gasteiger partial charge in [-0.05, 0) is 0 Å². The summed E-state index contributed by atoms with van der Waals surface area (Å²) in [5.74, 6) is 0. The minimum absolute atomic E-state index is 0.396. The van der Waals surface area contributed by atoms with Crippen molar-refractivity contribution in [1.82, 2.24) is 0 Å². The Bertz CT molecular complexity index is 36.9. The molecule has 0 fully saturated rings. The van der Waals surface area contributed by atoms with Crippen LogP contribution >= 0.6 is 0 Å². The Kier molecular flexibility index (Phi) is 4.05. The van der Waals surface area contributed by atoms with Crippen molar-refractivity contribution < 1.29 is 28.9 Å². The first-order chi connectivity index (χ1) is 2.41. The van der Waals surface area contributed by atoms with Crippen molar-refractivity contribution in [2.75, 3.05) is 0 Å². The van der Waals surface area contributed by atoms with Gasteiger partial charge in [0.25, 0.3) is 0 Å². The van der Waals surface area contributed by atoms with Crippen LogP contribution in [0.1, 0.15) is 0 Å². The molecule has 0 aliphatic heterocycles. The molecule has 2 nitrogen and oxygen atoms in total. The summed E-state index contributed by atoms with van der Waals surface area (Å²) in [6, 6.07) is 0. The first kappa shape index (κ1) is 5.03. The van der Waals surface area contributed by atoms with Crippen molar-refractivity contribution in [2.24, 2.45) is 0 Å². The maximum atomic E-state index is 9.16. The van der Waals surface area contributed by atoms with Gasteiger partial charge in [-0.1, -0.05) is 0 Å². The van der Waals surface area contributed by atoms with Crippen LogP contribution in [0, 0.1) is 0 Å². The van der Waals surface area contributed by atoms with E-state index in [2.05, 4.69) is 4.74 Å². The molecular weight excluding hydrogens is 240 g/mol. The Balaban J connectivity index is 2.65. The second-order valence-electron chi connectivity index (χ2n) is 0.329. The summed E-state index contributed by atoms with van der Waals surface area (Å²) in [5.41, 5.74) is 0. The van der Waals surface area contributed by atoms with E-state index < -0.39 is 0 Å². The van der Waals surface area contributed by atoms with E-state index in [1.165, 1.54) is 4.59 Å². The Labute approximate surface area is 40.5 Å². The molecule has 0 bridgehead atoms. The number of ether oxygens (including phenoxy) is 1. The Morgan fingerprint density at radius 1 is 1.80 bits per heavy atom. The third kappa shape index (κ3) is 4.03. The minimum atomic E-state index is 0.396. The monoisotopic (exact) mass is 242 g/mol. The molecule has 0 N–H and O–H groups in total. The molecule has 0 spiro atoms. The first-order valence-corrected chi connectivity index (χ1v) is 2.64. The molecule has 0 aromatic heterocycles. The molecule has 0 saturated carbocycles. The molecule has 3 heteroatoms. The molecule has 0 atom stereocenters. The van der Waals surface area contributed by atoms with Gasteiger partial charge in [0.05, 0.1) is 0 Å². The number of carbonyl (C=O) groups is 1. The van der Waals surface area contributed by atoms with Crippen LogP contribution in [0.2, 0.25) is 0 Å². The van der Waals surface area contributed by atoms with Crippen molar-refractivity contribution in [2.45, 2.75) is 0 Å². The summed E-state index contributed by atoms with van der Waals surface area (Å²) in [7, 11) is 0. The molecule has 0 aromatic rings. The summed E-state index contributed by atoms with van der Waals surface area (Å²) in [6.07, 6.45) is 0. The van der Waals surface area contributed by atoms with Crippen LogP contribution in [0.3, 0.4) is 0 Å². The first-order valence-electron chi connectivity index (χ1n) is 0.943. The molecule has 0 unspecified atom stereocenters. The Morgan fingerprint density at radius 2 is 2.40 bits per heavy atom. The van der Waals surface area contributed by atoms with Crippen molar-refractivity contribution in [3.05, 3.63) is 0 Å². The van der Waals surface area contributed by atoms with Crippen LogP contribution in [0.5, 0.6) is 0 Å². The molecular formula is C2H2O2W. The van der Waals surface area contributed by atoms with Gasteiger partial charge in [0.1, 0.15) is 0 Å². The van der Waals surface area contributed by atoms with E-state index >= 15 is 0 Å². The normalized spacial score (nSPS) is 5.60. The number of carbonyl (C=O) groups excluding carboxylic acids is 1. The van der Waals surface area contributed by atoms with Crippen LogP contribution < -0.4 is 0 Å². The summed E-state index contributed by atoms with van der Waals surface area (Å²) in [6.45, 7) is 0.396. The van der Waals surface area contributed by atoms with Gasteiger partial charge >= 0.3 is 39.9 Å². The second kappa shape index (κ2) is 4.03. The van der Waals surface area contributed by atoms with E-state index in [1.54, 1.807) is 0 Å². The van der Waals surface area contributed by atoms with Crippen LogP contribution in [0.4, 0.5) is 0 Å². The van der Waals surface area contributed by atoms with Gasteiger partial charge in [0.15, 0.2) is 0 Å². The Morgan fingerprint density at radius 3 is 2.40 bits per heavy atom. The fourth-order valence-electron chi connectivity index (χ4n) is 0.0227. The predicted octanol–water partition coefficient (Wildman–Crippen LogP) is -0.534. The van der Waals surface area contributed by atoms with E-state index in [1.807, 2.05) is 0 Å². The van der Waals surface area contributed by atoms with E-state index in [4.69, 9.17) is 4.79 Å². The van der Waals surface area contributed by atoms with Gasteiger partial charge < -0.3 is 0 Å². The van der Waals surface area contributed by atoms with Crippen LogP contribution in [0.25, 0.3) is 0 Å². The number of rotatable bonds is 2. The fourth-order valence-corrected chi connectivity index (χ4v) is 0.186. The molecule has 28 valence electrons. The summed E-state index contributed by atoms with van der Waals surface area (Å²) >= 11 is 1.15. The molecule has 0 aliphatic rings. The van der Waals surface area contributed by atoms with Crippen molar-refractivity contribution in [3.63, 3.8) is 0 Å². The molecule has 5 heavy (non-hydrogen) atoms. The average molecular weight is 242 g/mol. The van der Waals surface area contributed by atoms with Gasteiger partial charge in [0, 0.05) is 0 Å². The Hall–Kier alpha value is 0.0283. The van der Waals surface area contributed by atoms with Gasteiger partial charge in [-0.3, -0.25) is 0 Å². The van der Waals surface area contributed by atoms with Crippen LogP contribution in [0.15, 0.2) is 0 Å². The van der Waals surface area contributed by atoms with Crippen LogP contribution in [-0.2, 0) is 28.9 Å². The molecule has 0 aromatic carbocycles. The topological polar surface area (TPSA) is 26.3 Å². The molecule has 0 saturated heterocycles. The zero-order valence-corrected chi connectivity index (χ0v) is 5.31. The van der Waals surface area contributed by atoms with Crippen molar-refractivity contribution >= 4 is 11.1 Å². The number of hydrogen-bond acceptors (Lipinski definition) is 2. The maximum absolute atomic E-state index is 9.16. The molecule has 0 aliphatic carbocycles. The summed E-state index contributed by atoms with van der Waals surface area (Å²) in [5, 5.41) is 0. The van der Waals surface area contributed by atoms with E-state index in [-0.39, 0.29) is 0 Å². The zero-order valence-electron chi connectivity index (χ0n) is 2.38. The third-order valence-electron chi connectivity index (χ3n) is 0.111. The van der Waals surface area contributed by atoms with E-state index in [0.29, 0.717) is 6.47 Å². The summed E-state index contributed by atoms with van der Waals surface area (Å²) in [4.78, 5) is 9.16. The predicted molar refractivity (Wildman–Crippen MR) is 13.2 cm³/mol. The third-order valence-corrected chi connectivity index (χ3v) is 0.510. The molecule has 0 amide bonds. The molecule has 0 radical (unpaired) electrons.